The number of hydrogen-bond acceptors (Lipinski definition) is 15. The second kappa shape index (κ2) is 29.9. The smallest absolute Gasteiger partial charge is 0.407 e. The van der Waals surface area contributed by atoms with Crippen LogP contribution >= 0.6 is 0 Å². The Morgan fingerprint density at radius 1 is 0.437 bits per heavy atom. The molecule has 15 atom stereocenters. The van der Waals surface area contributed by atoms with Crippen LogP contribution < -0.4 is 33.0 Å². The highest BCUT2D eigenvalue weighted by Gasteiger charge is 2.48. The predicted molar refractivity (Wildman–Crippen MR) is 338 cm³/mol. The maximum atomic E-state index is 15.5. The Kier molecular flexibility index (Phi) is 24.2. The van der Waals surface area contributed by atoms with Gasteiger partial charge in [-0.2, -0.15) is 0 Å². The van der Waals surface area contributed by atoms with Crippen molar-refractivity contribution in [1.29, 1.82) is 0 Å². The van der Waals surface area contributed by atoms with Crippen molar-refractivity contribution in [3.05, 3.63) is 31.5 Å². The van der Waals surface area contributed by atoms with E-state index in [4.69, 9.17) is 28.4 Å². The van der Waals surface area contributed by atoms with Crippen LogP contribution in [0.4, 0.5) is 14.4 Å². The Bertz CT molecular complexity index is 2320. The van der Waals surface area contributed by atoms with Gasteiger partial charge in [-0.15, -0.1) is 0 Å². The largest absolute Gasteiger partial charge is 0.442 e. The standard InChI is InChI=1S/C66H117N9O12/c1-16-19-22-82-37-52(34-70-31-46(70)4)85-55(76)67-49-25-61(7,8)40-64(13,28-49)43-73-58(79)74(44-65(14)29-50(26-62(9,10)41-65)68-56(77)86-53(35-71-32-47(71)5)38-83-23-20-17-2)60(81)75(59(73)80)45-66(15)30-51(27-63(11,12)42-66)69-57(78)87-54(36-72-33-48(72)6)39-84-24-21-18-3/h46-54H,16-45H2,1-15H3,(H,67,76)(H,68,77)(H,69,78). The van der Waals surface area contributed by atoms with Crippen molar-refractivity contribution in [3.8, 4) is 0 Å². The van der Waals surface area contributed by atoms with E-state index in [0.717, 1.165) is 58.2 Å². The Morgan fingerprint density at radius 2 is 0.678 bits per heavy atom. The SMILES string of the molecule is CCCCOCC(CN1CC1C)OC(=O)NC1CC(C)(C)CC(C)(Cn2c(=O)n(CC3(C)CC(NC(=O)OC(COCCCC)CN4CC4C)CC(C)(C)C3)c(=O)n(CC3(C)CC(NC(=O)OC(COCCCC)CN4CC4C)CC(C)(C)C3)c2=O)C1. The average molecular weight is 1230 g/mol. The Balaban J connectivity index is 1.17. The summed E-state index contributed by atoms with van der Waals surface area (Å²) in [6.45, 7) is 39.2. The molecule has 0 aromatic carbocycles. The van der Waals surface area contributed by atoms with Gasteiger partial charge in [-0.25, -0.2) is 42.5 Å². The molecule has 3 aliphatic heterocycles. The highest BCUT2D eigenvalue weighted by molar-refractivity contribution is 5.68. The van der Waals surface area contributed by atoms with Gasteiger partial charge in [0.1, 0.15) is 18.3 Å². The first-order valence-electron chi connectivity index (χ1n) is 33.6. The summed E-state index contributed by atoms with van der Waals surface area (Å²) in [4.78, 5) is 95.0. The Hall–Kier alpha value is -4.02. The van der Waals surface area contributed by atoms with E-state index in [0.29, 0.717) is 135 Å². The van der Waals surface area contributed by atoms with E-state index in [1.165, 1.54) is 13.7 Å². The fourth-order valence-electron chi connectivity index (χ4n) is 16.0. The number of carbonyl (C=O) groups excluding carboxylic acids is 3. The topological polar surface area (TPSA) is 218 Å². The Labute approximate surface area is 520 Å². The molecular weight excluding hydrogens is 1110 g/mol. The van der Waals surface area contributed by atoms with Crippen LogP contribution in [-0.2, 0) is 48.1 Å². The van der Waals surface area contributed by atoms with E-state index >= 15 is 14.4 Å². The van der Waals surface area contributed by atoms with Crippen molar-refractivity contribution in [2.75, 3.05) is 78.9 Å². The lowest BCUT2D eigenvalue weighted by Gasteiger charge is -2.48. The lowest BCUT2D eigenvalue weighted by Crippen LogP contribution is -2.60. The molecule has 15 unspecified atom stereocenters. The van der Waals surface area contributed by atoms with Crippen LogP contribution in [0.2, 0.25) is 0 Å². The molecule has 3 N–H and O–H groups in total. The predicted octanol–water partition coefficient (Wildman–Crippen LogP) is 8.77. The first kappa shape index (κ1) is 70.4. The van der Waals surface area contributed by atoms with Crippen molar-refractivity contribution in [1.82, 2.24) is 44.4 Å². The Morgan fingerprint density at radius 3 is 0.897 bits per heavy atom. The monoisotopic (exact) mass is 1230 g/mol. The first-order chi connectivity index (χ1) is 40.8. The van der Waals surface area contributed by atoms with Crippen molar-refractivity contribution in [2.24, 2.45) is 32.5 Å². The number of unbranched alkanes of at least 4 members (excludes halogenated alkanes) is 3. The van der Waals surface area contributed by atoms with Gasteiger partial charge < -0.3 is 44.4 Å². The van der Waals surface area contributed by atoms with Gasteiger partial charge in [0.15, 0.2) is 0 Å². The third-order valence-electron chi connectivity index (χ3n) is 19.2. The molecule has 1 aromatic heterocycles. The summed E-state index contributed by atoms with van der Waals surface area (Å²) in [5.41, 5.74) is -5.10. The fourth-order valence-corrected chi connectivity index (χ4v) is 16.0. The normalized spacial score (nSPS) is 32.2. The fraction of sp³-hybridized carbons (Fsp3) is 0.909. The number of ether oxygens (including phenoxy) is 6. The summed E-state index contributed by atoms with van der Waals surface area (Å²) in [6, 6.07) is 0.266. The van der Waals surface area contributed by atoms with Crippen LogP contribution in [0.5, 0.6) is 0 Å². The number of hydrogen-bond donors (Lipinski definition) is 3. The summed E-state index contributed by atoms with van der Waals surface area (Å²) in [5.74, 6) is 0. The molecule has 21 heteroatoms. The van der Waals surface area contributed by atoms with Gasteiger partial charge in [-0.1, -0.05) is 102 Å². The second-order valence-electron chi connectivity index (χ2n) is 31.6. The molecule has 6 fully saturated rings. The molecule has 0 bridgehead atoms. The number of alkyl carbamates (subject to hydrolysis) is 3. The van der Waals surface area contributed by atoms with Crippen LogP contribution in [-0.4, -0.2) is 180 Å². The third kappa shape index (κ3) is 21.8. The van der Waals surface area contributed by atoms with Gasteiger partial charge in [0.05, 0.1) is 19.8 Å². The summed E-state index contributed by atoms with van der Waals surface area (Å²) in [5, 5.41) is 9.60. The van der Waals surface area contributed by atoms with Crippen LogP contribution in [0, 0.1) is 32.5 Å². The first-order valence-corrected chi connectivity index (χ1v) is 33.6. The molecule has 3 saturated carbocycles. The minimum absolute atomic E-state index is 0.00212. The van der Waals surface area contributed by atoms with E-state index in [-0.39, 0.29) is 54.0 Å². The quantitative estimate of drug-likeness (QED) is 0.0340. The van der Waals surface area contributed by atoms with Gasteiger partial charge in [0.2, 0.25) is 0 Å². The molecule has 1 aromatic rings. The zero-order chi connectivity index (χ0) is 63.7. The molecule has 6 aliphatic rings. The van der Waals surface area contributed by atoms with Crippen molar-refractivity contribution < 1.29 is 42.8 Å². The van der Waals surface area contributed by atoms with Crippen LogP contribution in [0.15, 0.2) is 14.4 Å². The highest BCUT2D eigenvalue weighted by Crippen LogP contribution is 2.49. The number of carbonyl (C=O) groups is 3. The minimum atomic E-state index is -0.695. The number of nitrogens with zero attached hydrogens (tertiary/aromatic N) is 6. The molecule has 3 amide bonds. The number of aromatic nitrogens is 3. The van der Waals surface area contributed by atoms with E-state index in [9.17, 15) is 14.4 Å². The summed E-state index contributed by atoms with van der Waals surface area (Å²) < 4.78 is 40.0. The van der Waals surface area contributed by atoms with Crippen molar-refractivity contribution >= 4 is 18.3 Å². The molecule has 498 valence electrons. The summed E-state index contributed by atoms with van der Waals surface area (Å²) in [7, 11) is 0. The number of rotatable bonds is 33. The van der Waals surface area contributed by atoms with E-state index in [1.807, 2.05) is 0 Å². The molecule has 7 rings (SSSR count). The molecule has 21 nitrogen and oxygen atoms in total. The molecule has 87 heavy (non-hydrogen) atoms. The van der Waals surface area contributed by atoms with Gasteiger partial charge in [0.25, 0.3) is 0 Å². The van der Waals surface area contributed by atoms with Crippen molar-refractivity contribution in [2.45, 2.75) is 274 Å². The molecule has 0 spiro atoms. The molecule has 0 radical (unpaired) electrons. The van der Waals surface area contributed by atoms with Gasteiger partial charge >= 0.3 is 35.3 Å². The van der Waals surface area contributed by atoms with E-state index < -0.39 is 69.9 Å². The average Bonchev–Trinajstić information content (AvgIpc) is 1.80. The number of amides is 3. The third-order valence-corrected chi connectivity index (χ3v) is 19.2. The maximum absolute atomic E-state index is 15.5. The van der Waals surface area contributed by atoms with Crippen LogP contribution in [0.1, 0.15) is 200 Å². The summed E-state index contributed by atoms with van der Waals surface area (Å²) in [6.07, 6.45) is 8.09. The van der Waals surface area contributed by atoms with Crippen molar-refractivity contribution in [3.63, 3.8) is 0 Å². The highest BCUT2D eigenvalue weighted by atomic mass is 16.6. The molecule has 4 heterocycles. The molecule has 3 aliphatic carbocycles. The zero-order valence-corrected chi connectivity index (χ0v) is 56.5. The van der Waals surface area contributed by atoms with Crippen LogP contribution in [0.25, 0.3) is 0 Å². The summed E-state index contributed by atoms with van der Waals surface area (Å²) >= 11 is 0. The molecule has 3 saturated heterocycles. The van der Waals surface area contributed by atoms with Gasteiger partial charge in [-0.3, -0.25) is 14.7 Å². The minimum Gasteiger partial charge on any atom is -0.442 e. The van der Waals surface area contributed by atoms with Crippen LogP contribution in [0.3, 0.4) is 0 Å². The zero-order valence-electron chi connectivity index (χ0n) is 56.5. The lowest BCUT2D eigenvalue weighted by molar-refractivity contribution is 0.00501. The van der Waals surface area contributed by atoms with Gasteiger partial charge in [0, 0.05) is 115 Å². The number of nitrogens with one attached hydrogen (secondary N) is 3. The van der Waals surface area contributed by atoms with E-state index in [2.05, 4.69) is 135 Å². The van der Waals surface area contributed by atoms with Gasteiger partial charge in [-0.05, 0) is 130 Å². The second-order valence-corrected chi connectivity index (χ2v) is 31.6. The van der Waals surface area contributed by atoms with E-state index in [1.54, 1.807) is 0 Å². The lowest BCUT2D eigenvalue weighted by atomic mass is 9.62. The maximum Gasteiger partial charge on any atom is 0.407 e. The molecular formula is C66H117N9O12.